The van der Waals surface area contributed by atoms with E-state index in [0.29, 0.717) is 12.1 Å². The van der Waals surface area contributed by atoms with Crippen molar-refractivity contribution in [2.24, 2.45) is 0 Å². The molecule has 0 bridgehead atoms. The highest BCUT2D eigenvalue weighted by Gasteiger charge is 2.19. The fourth-order valence-electron chi connectivity index (χ4n) is 4.67. The van der Waals surface area contributed by atoms with Gasteiger partial charge in [0.05, 0.1) is 26.4 Å². The van der Waals surface area contributed by atoms with Crippen molar-refractivity contribution in [3.63, 3.8) is 0 Å². The normalized spacial score (nSPS) is 19.9. The molecule has 180 valence electrons. The molecule has 6 heteroatoms. The minimum atomic E-state index is 0.350. The highest BCUT2D eigenvalue weighted by molar-refractivity contribution is 5.20. The number of hydrogen-bond acceptors (Lipinski definition) is 6. The van der Waals surface area contributed by atoms with Crippen LogP contribution in [0.25, 0.3) is 0 Å². The molecule has 4 rings (SSSR count). The van der Waals surface area contributed by atoms with Crippen LogP contribution < -0.4 is 10.6 Å². The number of morpholine rings is 2. The molecule has 2 heterocycles. The van der Waals surface area contributed by atoms with Crippen molar-refractivity contribution in [1.29, 1.82) is 0 Å². The summed E-state index contributed by atoms with van der Waals surface area (Å²) in [6.07, 6.45) is 1.10. The Morgan fingerprint density at radius 2 is 1.00 bits per heavy atom. The average molecular weight is 453 g/mol. The molecule has 2 aliphatic heterocycles. The van der Waals surface area contributed by atoms with Gasteiger partial charge in [-0.15, -0.1) is 0 Å². The molecule has 0 amide bonds. The van der Waals surface area contributed by atoms with Crippen molar-refractivity contribution in [1.82, 2.24) is 20.4 Å². The van der Waals surface area contributed by atoms with Gasteiger partial charge in [-0.3, -0.25) is 9.80 Å². The lowest BCUT2D eigenvalue weighted by molar-refractivity contribution is 0.0331. The zero-order valence-corrected chi connectivity index (χ0v) is 19.8. The van der Waals surface area contributed by atoms with Gasteiger partial charge in [0.15, 0.2) is 0 Å². The molecular weight excluding hydrogens is 412 g/mol. The molecular formula is C27H40N4O2. The predicted molar refractivity (Wildman–Crippen MR) is 134 cm³/mol. The van der Waals surface area contributed by atoms with Crippen LogP contribution in [0.5, 0.6) is 0 Å². The fourth-order valence-corrected chi connectivity index (χ4v) is 4.67. The second-order valence-electron chi connectivity index (χ2n) is 9.01. The topological polar surface area (TPSA) is 49.0 Å². The van der Waals surface area contributed by atoms with Crippen molar-refractivity contribution >= 4 is 0 Å². The third-order valence-corrected chi connectivity index (χ3v) is 6.63. The van der Waals surface area contributed by atoms with Gasteiger partial charge >= 0.3 is 0 Å². The van der Waals surface area contributed by atoms with E-state index < -0.39 is 0 Å². The first kappa shape index (κ1) is 24.3. The van der Waals surface area contributed by atoms with E-state index in [9.17, 15) is 0 Å². The molecule has 2 aromatic rings. The maximum absolute atomic E-state index is 5.53. The first-order chi connectivity index (χ1) is 16.4. The Kier molecular flexibility index (Phi) is 10.2. The van der Waals surface area contributed by atoms with Crippen molar-refractivity contribution < 1.29 is 9.47 Å². The van der Waals surface area contributed by atoms with E-state index in [2.05, 4.69) is 81.1 Å². The first-order valence-corrected chi connectivity index (χ1v) is 12.6. The second kappa shape index (κ2) is 13.8. The van der Waals surface area contributed by atoms with Crippen LogP contribution >= 0.6 is 0 Å². The molecule has 33 heavy (non-hydrogen) atoms. The second-order valence-corrected chi connectivity index (χ2v) is 9.01. The third-order valence-electron chi connectivity index (χ3n) is 6.63. The standard InChI is InChI=1S/C27H40N4O2/c1-3-8-24(9-4-1)26(22-30-14-18-32-19-15-30)28-12-7-13-29-27(25-10-5-2-6-11-25)23-31-16-20-33-21-17-31/h1-6,8-11,26-29H,7,12-23H2/t26-,27-/m0/s1. The molecule has 0 unspecified atom stereocenters. The number of hydrogen-bond donors (Lipinski definition) is 2. The predicted octanol–water partition coefficient (Wildman–Crippen LogP) is 2.70. The fraction of sp³-hybridized carbons (Fsp3) is 0.556. The summed E-state index contributed by atoms with van der Waals surface area (Å²) in [7, 11) is 0. The summed E-state index contributed by atoms with van der Waals surface area (Å²) in [4.78, 5) is 5.03. The average Bonchev–Trinajstić information content (AvgIpc) is 2.89. The lowest BCUT2D eigenvalue weighted by Crippen LogP contribution is -2.43. The Balaban J connectivity index is 1.26. The molecule has 0 aliphatic carbocycles. The molecule has 2 aromatic carbocycles. The molecule has 0 spiro atoms. The van der Waals surface area contributed by atoms with Crippen LogP contribution in [0.3, 0.4) is 0 Å². The largest absolute Gasteiger partial charge is 0.379 e. The summed E-state index contributed by atoms with van der Waals surface area (Å²) >= 11 is 0. The summed E-state index contributed by atoms with van der Waals surface area (Å²) in [5.74, 6) is 0. The lowest BCUT2D eigenvalue weighted by atomic mass is 10.1. The molecule has 2 atom stereocenters. The van der Waals surface area contributed by atoms with E-state index in [-0.39, 0.29) is 0 Å². The summed E-state index contributed by atoms with van der Waals surface area (Å²) < 4.78 is 11.1. The summed E-state index contributed by atoms with van der Waals surface area (Å²) in [5, 5.41) is 7.66. The number of ether oxygens (including phenoxy) is 2. The van der Waals surface area contributed by atoms with Gasteiger partial charge in [-0.05, 0) is 30.6 Å². The van der Waals surface area contributed by atoms with Gasteiger partial charge in [0.1, 0.15) is 0 Å². The summed E-state index contributed by atoms with van der Waals surface area (Å²) in [6.45, 7) is 11.5. The zero-order chi connectivity index (χ0) is 22.6. The van der Waals surface area contributed by atoms with Crippen LogP contribution in [-0.2, 0) is 9.47 Å². The van der Waals surface area contributed by atoms with Gasteiger partial charge in [0.2, 0.25) is 0 Å². The van der Waals surface area contributed by atoms with Crippen molar-refractivity contribution in [2.75, 3.05) is 78.8 Å². The first-order valence-electron chi connectivity index (χ1n) is 12.6. The Bertz CT molecular complexity index is 699. The molecule has 6 nitrogen and oxygen atoms in total. The third kappa shape index (κ3) is 8.18. The van der Waals surface area contributed by atoms with Crippen LogP contribution in [0.1, 0.15) is 29.6 Å². The van der Waals surface area contributed by atoms with Gasteiger partial charge in [0.25, 0.3) is 0 Å². The highest BCUT2D eigenvalue weighted by Crippen LogP contribution is 2.17. The van der Waals surface area contributed by atoms with Crippen molar-refractivity contribution in [2.45, 2.75) is 18.5 Å². The van der Waals surface area contributed by atoms with Crippen LogP contribution in [0, 0.1) is 0 Å². The van der Waals surface area contributed by atoms with Gasteiger partial charge < -0.3 is 20.1 Å². The van der Waals surface area contributed by atoms with E-state index in [1.165, 1.54) is 11.1 Å². The maximum Gasteiger partial charge on any atom is 0.0594 e. The van der Waals surface area contributed by atoms with Gasteiger partial charge in [-0.25, -0.2) is 0 Å². The highest BCUT2D eigenvalue weighted by atomic mass is 16.5. The van der Waals surface area contributed by atoms with Crippen LogP contribution in [-0.4, -0.2) is 88.6 Å². The zero-order valence-electron chi connectivity index (χ0n) is 19.8. The molecule has 0 radical (unpaired) electrons. The Labute approximate surface area is 199 Å². The molecule has 0 aromatic heterocycles. The van der Waals surface area contributed by atoms with Gasteiger partial charge in [0, 0.05) is 51.4 Å². The quantitative estimate of drug-likeness (QED) is 0.483. The van der Waals surface area contributed by atoms with Crippen LogP contribution in [0.15, 0.2) is 60.7 Å². The molecule has 2 fully saturated rings. The van der Waals surface area contributed by atoms with E-state index in [1.54, 1.807) is 0 Å². The van der Waals surface area contributed by atoms with Gasteiger partial charge in [-0.2, -0.15) is 0 Å². The van der Waals surface area contributed by atoms with E-state index >= 15 is 0 Å². The number of nitrogens with one attached hydrogen (secondary N) is 2. The molecule has 2 N–H and O–H groups in total. The monoisotopic (exact) mass is 452 g/mol. The Morgan fingerprint density at radius 3 is 1.39 bits per heavy atom. The number of nitrogens with zero attached hydrogens (tertiary/aromatic N) is 2. The van der Waals surface area contributed by atoms with E-state index in [4.69, 9.17) is 9.47 Å². The smallest absolute Gasteiger partial charge is 0.0594 e. The summed E-state index contributed by atoms with van der Waals surface area (Å²) in [6, 6.07) is 22.4. The SMILES string of the molecule is c1ccc([C@H](CN2CCOCC2)NCCCN[C@@H](CN2CCOCC2)c2ccccc2)cc1. The molecule has 2 aliphatic rings. The van der Waals surface area contributed by atoms with E-state index in [0.717, 1.165) is 85.2 Å². The Hall–Kier alpha value is -1.80. The maximum atomic E-state index is 5.53. The van der Waals surface area contributed by atoms with Crippen LogP contribution in [0.2, 0.25) is 0 Å². The lowest BCUT2D eigenvalue weighted by Gasteiger charge is -2.32. The van der Waals surface area contributed by atoms with Crippen LogP contribution in [0.4, 0.5) is 0 Å². The number of rotatable bonds is 12. The van der Waals surface area contributed by atoms with E-state index in [1.807, 2.05) is 0 Å². The molecule has 0 saturated carbocycles. The number of benzene rings is 2. The molecule has 2 saturated heterocycles. The minimum absolute atomic E-state index is 0.350. The van der Waals surface area contributed by atoms with Crippen molar-refractivity contribution in [3.8, 4) is 0 Å². The Morgan fingerprint density at radius 1 is 0.606 bits per heavy atom. The summed E-state index contributed by atoms with van der Waals surface area (Å²) in [5.41, 5.74) is 2.73. The van der Waals surface area contributed by atoms with Crippen molar-refractivity contribution in [3.05, 3.63) is 71.8 Å². The van der Waals surface area contributed by atoms with Gasteiger partial charge in [-0.1, -0.05) is 60.7 Å². The minimum Gasteiger partial charge on any atom is -0.379 e.